The number of aryl methyl sites for hydroxylation is 4. The Balaban J connectivity index is 0.000000467. The van der Waals surface area contributed by atoms with E-state index in [1.165, 1.54) is 227 Å². The fraction of sp³-hybridized carbons (Fsp3) is 0.667. The van der Waals surface area contributed by atoms with Gasteiger partial charge in [0.05, 0.1) is 9.79 Å². The van der Waals surface area contributed by atoms with Gasteiger partial charge in [-0.05, 0) is 119 Å². The molecule has 0 aliphatic rings. The summed E-state index contributed by atoms with van der Waals surface area (Å²) in [5.41, 5.74) is 5.07. The van der Waals surface area contributed by atoms with Crippen LogP contribution in [0.3, 0.4) is 0 Å². The Morgan fingerprint density at radius 1 is 0.319 bits per heavy atom. The molecule has 0 amide bonds. The van der Waals surface area contributed by atoms with E-state index in [0.29, 0.717) is 0 Å². The first-order valence-corrected chi connectivity index (χ1v) is 30.8. The first-order chi connectivity index (χ1) is 32.9. The Hall–Kier alpha value is -1.21. The summed E-state index contributed by atoms with van der Waals surface area (Å²) in [6.45, 7) is 9.01. The van der Waals surface area contributed by atoms with Gasteiger partial charge in [-0.1, -0.05) is 244 Å². The summed E-state index contributed by atoms with van der Waals surface area (Å²) in [6, 6.07) is 18.7. The maximum atomic E-state index is 11.6. The molecule has 0 heterocycles. The van der Waals surface area contributed by atoms with Gasteiger partial charge in [-0.25, -0.2) is 16.8 Å². The number of benzene rings is 4. The third-order valence-corrected chi connectivity index (χ3v) is 15.6. The summed E-state index contributed by atoms with van der Waals surface area (Å²) in [6.07, 6.45) is 45.3. The topological polar surface area (TPSA) is 114 Å². The molecule has 0 radical (unpaired) electrons. The van der Waals surface area contributed by atoms with E-state index >= 15 is 0 Å². The smallest absolute Gasteiger partial charge is 0.744 e. The van der Waals surface area contributed by atoms with Crippen LogP contribution in [0.25, 0.3) is 21.5 Å². The molecule has 4 aromatic carbocycles. The first kappa shape index (κ1) is 63.9. The third kappa shape index (κ3) is 27.6. The van der Waals surface area contributed by atoms with Gasteiger partial charge in [-0.3, -0.25) is 0 Å². The number of hydrogen-bond acceptors (Lipinski definition) is 6. The van der Waals surface area contributed by atoms with Crippen LogP contribution in [0.1, 0.15) is 255 Å². The van der Waals surface area contributed by atoms with E-state index in [2.05, 4.69) is 52.0 Å². The molecular formula is C60H94BaO6S2. The van der Waals surface area contributed by atoms with E-state index in [0.717, 1.165) is 60.1 Å². The van der Waals surface area contributed by atoms with Crippen LogP contribution >= 0.6 is 0 Å². The molecule has 4 rings (SSSR count). The molecule has 69 heavy (non-hydrogen) atoms. The predicted molar refractivity (Wildman–Crippen MR) is 295 cm³/mol. The van der Waals surface area contributed by atoms with Gasteiger partial charge >= 0.3 is 48.9 Å². The van der Waals surface area contributed by atoms with Crippen LogP contribution in [0.5, 0.6) is 0 Å². The molecule has 0 saturated carbocycles. The van der Waals surface area contributed by atoms with Gasteiger partial charge < -0.3 is 9.11 Å². The maximum absolute atomic E-state index is 11.6. The largest absolute Gasteiger partial charge is 2.00 e. The fourth-order valence-corrected chi connectivity index (χ4v) is 10.8. The average molecular weight is 1110 g/mol. The Morgan fingerprint density at radius 2 is 0.565 bits per heavy atom. The standard InChI is InChI=1S/2C30H48O3S.Ba/c2*1-3-5-7-9-11-13-15-17-19-26-23-27(20-18-16-14-12-10-8-6-4-2)30-25-29(34(31,32)33)22-21-28(30)24-26;/h2*21-25H,3-20H2,1-2H3,(H,31,32,33);/q;;+2/p-2. The molecular weight excluding hydrogens is 1020 g/mol. The number of fused-ring (bicyclic) bond motifs is 2. The quantitative estimate of drug-likeness (QED) is 0.0251. The van der Waals surface area contributed by atoms with Crippen molar-refractivity contribution in [3.8, 4) is 0 Å². The number of hydrogen-bond donors (Lipinski definition) is 0. The van der Waals surface area contributed by atoms with E-state index in [-0.39, 0.29) is 58.7 Å². The van der Waals surface area contributed by atoms with Crippen LogP contribution in [0, 0.1) is 0 Å². The maximum Gasteiger partial charge on any atom is 2.00 e. The van der Waals surface area contributed by atoms with Crippen molar-refractivity contribution in [1.82, 2.24) is 0 Å². The van der Waals surface area contributed by atoms with Crippen molar-refractivity contribution in [1.29, 1.82) is 0 Å². The Bertz CT molecular complexity index is 2030. The van der Waals surface area contributed by atoms with E-state index < -0.39 is 20.2 Å². The number of rotatable bonds is 38. The van der Waals surface area contributed by atoms with Crippen molar-refractivity contribution < 1.29 is 25.9 Å². The minimum Gasteiger partial charge on any atom is -0.744 e. The third-order valence-electron chi connectivity index (χ3n) is 14.0. The number of unbranched alkanes of at least 4 members (excludes halogenated alkanes) is 28. The van der Waals surface area contributed by atoms with E-state index in [1.807, 2.05) is 12.1 Å². The van der Waals surface area contributed by atoms with Crippen LogP contribution in [0.4, 0.5) is 0 Å². The molecule has 0 spiro atoms. The molecule has 0 saturated heterocycles. The minimum absolute atomic E-state index is 0. The zero-order valence-corrected chi connectivity index (χ0v) is 50.3. The summed E-state index contributed by atoms with van der Waals surface area (Å²) in [7, 11) is -8.88. The van der Waals surface area contributed by atoms with E-state index in [9.17, 15) is 25.9 Å². The molecule has 0 N–H and O–H groups in total. The van der Waals surface area contributed by atoms with Gasteiger partial charge in [0.1, 0.15) is 20.2 Å². The minimum atomic E-state index is -4.44. The Labute approximate surface area is 463 Å². The summed E-state index contributed by atoms with van der Waals surface area (Å²) in [5.74, 6) is 0. The van der Waals surface area contributed by atoms with Crippen molar-refractivity contribution in [2.75, 3.05) is 0 Å². The molecule has 0 aliphatic carbocycles. The van der Waals surface area contributed by atoms with Crippen LogP contribution in [0.15, 0.2) is 70.5 Å². The van der Waals surface area contributed by atoms with Gasteiger partial charge in [0.15, 0.2) is 0 Å². The van der Waals surface area contributed by atoms with Crippen LogP contribution < -0.4 is 0 Å². The molecule has 0 aliphatic heterocycles. The second-order valence-corrected chi connectivity index (χ2v) is 22.8. The van der Waals surface area contributed by atoms with Gasteiger partial charge in [0.2, 0.25) is 0 Å². The SMILES string of the molecule is CCCCCCCCCCc1cc(CCCCCCCCCC)c2cc(S(=O)(=O)[O-])ccc2c1.CCCCCCCCCCc1cc(CCCCCCCCCC)c2cc(S(=O)(=O)[O-])ccc2c1.[Ba+2]. The van der Waals surface area contributed by atoms with Gasteiger partial charge in [-0.2, -0.15) is 0 Å². The second-order valence-electron chi connectivity index (χ2n) is 20.1. The molecule has 9 heteroatoms. The van der Waals surface area contributed by atoms with Crippen molar-refractivity contribution in [2.24, 2.45) is 0 Å². The molecule has 384 valence electrons. The van der Waals surface area contributed by atoms with Crippen molar-refractivity contribution in [3.63, 3.8) is 0 Å². The molecule has 6 nitrogen and oxygen atoms in total. The van der Waals surface area contributed by atoms with Gasteiger partial charge in [0.25, 0.3) is 0 Å². The Morgan fingerprint density at radius 3 is 0.826 bits per heavy atom. The summed E-state index contributed by atoms with van der Waals surface area (Å²) in [5, 5.41) is 3.97. The first-order valence-electron chi connectivity index (χ1n) is 27.9. The molecule has 0 atom stereocenters. The van der Waals surface area contributed by atoms with Crippen molar-refractivity contribution >= 4 is 90.7 Å². The summed E-state index contributed by atoms with van der Waals surface area (Å²) < 4.78 is 69.6. The zero-order chi connectivity index (χ0) is 49.3. The summed E-state index contributed by atoms with van der Waals surface area (Å²) >= 11 is 0. The predicted octanol–water partition coefficient (Wildman–Crippen LogP) is 17.8. The van der Waals surface area contributed by atoms with E-state index in [4.69, 9.17) is 0 Å². The zero-order valence-electron chi connectivity index (χ0n) is 44.2. The van der Waals surface area contributed by atoms with Crippen molar-refractivity contribution in [3.05, 3.63) is 82.9 Å². The van der Waals surface area contributed by atoms with Crippen molar-refractivity contribution in [2.45, 2.75) is 269 Å². The van der Waals surface area contributed by atoms with Crippen LogP contribution in [-0.2, 0) is 45.9 Å². The van der Waals surface area contributed by atoms with E-state index in [1.54, 1.807) is 12.1 Å². The normalized spacial score (nSPS) is 11.8. The molecule has 0 aromatic heterocycles. The van der Waals surface area contributed by atoms with Gasteiger partial charge in [0, 0.05) is 0 Å². The van der Waals surface area contributed by atoms with Crippen LogP contribution in [0.2, 0.25) is 0 Å². The average Bonchev–Trinajstić information content (AvgIpc) is 3.31. The fourth-order valence-electron chi connectivity index (χ4n) is 9.80. The van der Waals surface area contributed by atoms with Gasteiger partial charge in [-0.15, -0.1) is 0 Å². The molecule has 0 fully saturated rings. The second kappa shape index (κ2) is 38.4. The molecule has 4 aromatic rings. The molecule has 0 bridgehead atoms. The Kier molecular flexibility index (Phi) is 35.5. The monoisotopic (exact) mass is 1110 g/mol. The summed E-state index contributed by atoms with van der Waals surface area (Å²) in [4.78, 5) is -0.235. The van der Waals surface area contributed by atoms with Crippen LogP contribution in [-0.4, -0.2) is 74.8 Å². The molecule has 0 unspecified atom stereocenters.